The summed E-state index contributed by atoms with van der Waals surface area (Å²) in [6.07, 6.45) is 0. The van der Waals surface area contributed by atoms with Gasteiger partial charge in [-0.3, -0.25) is 4.98 Å². The molecule has 1 aromatic carbocycles. The summed E-state index contributed by atoms with van der Waals surface area (Å²) >= 11 is 0. The maximum atomic E-state index is 11.2. The van der Waals surface area contributed by atoms with Crippen LogP contribution in [0.3, 0.4) is 0 Å². The van der Waals surface area contributed by atoms with Gasteiger partial charge in [0.2, 0.25) is 0 Å². The van der Waals surface area contributed by atoms with Crippen molar-refractivity contribution in [1.82, 2.24) is 10.3 Å². The maximum absolute atomic E-state index is 11.2. The minimum absolute atomic E-state index is 0.391. The van der Waals surface area contributed by atoms with E-state index >= 15 is 0 Å². The lowest BCUT2D eigenvalue weighted by atomic mass is 10.2. The average molecular weight is 249 g/mol. The fraction of sp³-hybridized carbons (Fsp3) is 0.462. The van der Waals surface area contributed by atoms with Gasteiger partial charge in [0.1, 0.15) is 0 Å². The Hall–Kier alpha value is -1.75. The molecule has 0 aliphatic carbocycles. The number of benzene rings is 1. The summed E-state index contributed by atoms with van der Waals surface area (Å²) in [5.74, 6) is -0.391. The van der Waals surface area contributed by atoms with Gasteiger partial charge in [-0.2, -0.15) is 0 Å². The smallest absolute Gasteiger partial charge is 0.406 e. The molecule has 2 aromatic rings. The number of H-pyrrole nitrogens is 1. The van der Waals surface area contributed by atoms with Crippen molar-refractivity contribution in [3.63, 3.8) is 0 Å². The molecule has 0 bridgehead atoms. The molecule has 5 heteroatoms. The first-order valence-electron chi connectivity index (χ1n) is 6.42. The van der Waals surface area contributed by atoms with Crippen molar-refractivity contribution in [2.24, 2.45) is 0 Å². The van der Waals surface area contributed by atoms with Crippen LogP contribution in [0.5, 0.6) is 0 Å². The first-order chi connectivity index (χ1) is 8.84. The van der Waals surface area contributed by atoms with Crippen LogP contribution in [0.1, 0.15) is 13.8 Å². The van der Waals surface area contributed by atoms with Crippen LogP contribution in [0, 0.1) is 0 Å². The summed E-state index contributed by atoms with van der Waals surface area (Å²) in [5, 5.41) is 3.30. The molecule has 98 valence electrons. The molecule has 0 spiro atoms. The zero-order valence-electron chi connectivity index (χ0n) is 10.8. The zero-order valence-corrected chi connectivity index (χ0v) is 10.8. The molecule has 1 aliphatic rings. The quantitative estimate of drug-likeness (QED) is 0.805. The number of hydrogen-bond donors (Lipinski definition) is 2. The van der Waals surface area contributed by atoms with Crippen LogP contribution in [-0.2, 0) is 0 Å². The normalized spacial score (nSPS) is 15.3. The Labute approximate surface area is 106 Å². The minimum Gasteiger partial charge on any atom is -0.406 e. The standard InChI is InChI=1S/C11H13N3O2.C2H6/c15-11-13-8-2-1-3-9(10(8)16-11)14-6-4-12-5-7-14;1-2/h1-3,12H,4-7H2,(H,13,15);1-2H3. The van der Waals surface area contributed by atoms with Crippen LogP contribution < -0.4 is 16.0 Å². The van der Waals surface area contributed by atoms with Crippen molar-refractivity contribution < 1.29 is 4.42 Å². The summed E-state index contributed by atoms with van der Waals surface area (Å²) in [7, 11) is 0. The van der Waals surface area contributed by atoms with Crippen LogP contribution in [0.25, 0.3) is 11.1 Å². The van der Waals surface area contributed by atoms with E-state index in [-0.39, 0.29) is 0 Å². The van der Waals surface area contributed by atoms with E-state index in [1.807, 2.05) is 32.0 Å². The first kappa shape index (κ1) is 12.7. The number of oxazole rings is 1. The molecule has 18 heavy (non-hydrogen) atoms. The van der Waals surface area contributed by atoms with E-state index in [9.17, 15) is 4.79 Å². The topological polar surface area (TPSA) is 61.3 Å². The second-order valence-electron chi connectivity index (χ2n) is 3.91. The van der Waals surface area contributed by atoms with Crippen molar-refractivity contribution in [2.45, 2.75) is 13.8 Å². The summed E-state index contributed by atoms with van der Waals surface area (Å²) in [5.41, 5.74) is 2.42. The number of aromatic amines is 1. The summed E-state index contributed by atoms with van der Waals surface area (Å²) in [6, 6.07) is 5.78. The largest absolute Gasteiger partial charge is 0.417 e. The third kappa shape index (κ3) is 2.41. The highest BCUT2D eigenvalue weighted by Gasteiger charge is 2.15. The van der Waals surface area contributed by atoms with Gasteiger partial charge < -0.3 is 14.6 Å². The second-order valence-corrected chi connectivity index (χ2v) is 3.91. The maximum Gasteiger partial charge on any atom is 0.417 e. The van der Waals surface area contributed by atoms with Crippen LogP contribution in [0.4, 0.5) is 5.69 Å². The molecule has 0 amide bonds. The molecule has 1 aromatic heterocycles. The van der Waals surface area contributed by atoms with Gasteiger partial charge in [0, 0.05) is 26.2 Å². The minimum atomic E-state index is -0.391. The molecule has 1 fully saturated rings. The van der Waals surface area contributed by atoms with Crippen molar-refractivity contribution in [3.8, 4) is 0 Å². The van der Waals surface area contributed by atoms with E-state index in [1.165, 1.54) is 0 Å². The van der Waals surface area contributed by atoms with Gasteiger partial charge >= 0.3 is 5.76 Å². The zero-order chi connectivity index (χ0) is 13.0. The van der Waals surface area contributed by atoms with E-state index < -0.39 is 5.76 Å². The van der Waals surface area contributed by atoms with Gasteiger partial charge in [-0.05, 0) is 12.1 Å². The molecular formula is C13H19N3O2. The highest BCUT2D eigenvalue weighted by Crippen LogP contribution is 2.24. The number of anilines is 1. The van der Waals surface area contributed by atoms with Crippen LogP contribution in [0.15, 0.2) is 27.4 Å². The van der Waals surface area contributed by atoms with Crippen LogP contribution in [0.2, 0.25) is 0 Å². The molecule has 0 radical (unpaired) electrons. The molecule has 0 atom stereocenters. The number of rotatable bonds is 1. The lowest BCUT2D eigenvalue weighted by molar-refractivity contribution is 0.548. The van der Waals surface area contributed by atoms with E-state index in [0.717, 1.165) is 37.4 Å². The summed E-state index contributed by atoms with van der Waals surface area (Å²) < 4.78 is 5.18. The van der Waals surface area contributed by atoms with Gasteiger partial charge in [0.05, 0.1) is 11.2 Å². The van der Waals surface area contributed by atoms with Crippen molar-refractivity contribution in [2.75, 3.05) is 31.1 Å². The Morgan fingerprint density at radius 1 is 1.22 bits per heavy atom. The number of fused-ring (bicyclic) bond motifs is 1. The van der Waals surface area contributed by atoms with Crippen molar-refractivity contribution >= 4 is 16.8 Å². The Morgan fingerprint density at radius 3 is 2.67 bits per heavy atom. The third-order valence-electron chi connectivity index (χ3n) is 2.88. The Bertz CT molecular complexity index is 553. The van der Waals surface area contributed by atoms with Gasteiger partial charge in [-0.1, -0.05) is 19.9 Å². The summed E-state index contributed by atoms with van der Waals surface area (Å²) in [6.45, 7) is 7.80. The van der Waals surface area contributed by atoms with E-state index in [1.54, 1.807) is 0 Å². The third-order valence-corrected chi connectivity index (χ3v) is 2.88. The molecule has 1 aliphatic heterocycles. The first-order valence-corrected chi connectivity index (χ1v) is 6.42. The fourth-order valence-electron chi connectivity index (χ4n) is 2.11. The Balaban J connectivity index is 0.000000574. The van der Waals surface area contributed by atoms with Gasteiger partial charge in [-0.15, -0.1) is 0 Å². The fourth-order valence-corrected chi connectivity index (χ4v) is 2.11. The molecule has 5 nitrogen and oxygen atoms in total. The predicted molar refractivity (Wildman–Crippen MR) is 73.3 cm³/mol. The number of hydrogen-bond acceptors (Lipinski definition) is 4. The van der Waals surface area contributed by atoms with Gasteiger partial charge in [0.25, 0.3) is 0 Å². The molecule has 2 heterocycles. The molecular weight excluding hydrogens is 230 g/mol. The number of aromatic nitrogens is 1. The average Bonchev–Trinajstić information content (AvgIpc) is 2.82. The Morgan fingerprint density at radius 2 is 1.94 bits per heavy atom. The van der Waals surface area contributed by atoms with Gasteiger partial charge in [0.15, 0.2) is 5.58 Å². The molecule has 0 saturated carbocycles. The Kier molecular flexibility index (Phi) is 4.04. The van der Waals surface area contributed by atoms with E-state index in [4.69, 9.17) is 4.42 Å². The number of para-hydroxylation sites is 1. The molecule has 0 unspecified atom stereocenters. The van der Waals surface area contributed by atoms with Crippen LogP contribution in [-0.4, -0.2) is 31.2 Å². The van der Waals surface area contributed by atoms with Crippen LogP contribution >= 0.6 is 0 Å². The summed E-state index contributed by atoms with van der Waals surface area (Å²) in [4.78, 5) is 16.1. The lowest BCUT2D eigenvalue weighted by Gasteiger charge is -2.29. The second kappa shape index (κ2) is 5.73. The molecule has 2 N–H and O–H groups in total. The monoisotopic (exact) mass is 249 g/mol. The number of nitrogens with zero attached hydrogens (tertiary/aromatic N) is 1. The molecule has 1 saturated heterocycles. The number of piperazine rings is 1. The lowest BCUT2D eigenvalue weighted by Crippen LogP contribution is -2.43. The number of nitrogens with one attached hydrogen (secondary N) is 2. The highest BCUT2D eigenvalue weighted by molar-refractivity contribution is 5.86. The molecule has 3 rings (SSSR count). The van der Waals surface area contributed by atoms with E-state index in [2.05, 4.69) is 15.2 Å². The highest BCUT2D eigenvalue weighted by atomic mass is 16.4. The predicted octanol–water partition coefficient (Wildman–Crippen LogP) is 1.56. The van der Waals surface area contributed by atoms with Gasteiger partial charge in [-0.25, -0.2) is 4.79 Å². The van der Waals surface area contributed by atoms with E-state index in [0.29, 0.717) is 5.58 Å². The van der Waals surface area contributed by atoms with Crippen molar-refractivity contribution in [1.29, 1.82) is 0 Å². The van der Waals surface area contributed by atoms with Crippen molar-refractivity contribution in [3.05, 3.63) is 28.7 Å². The SMILES string of the molecule is CC.O=c1[nH]c2cccc(N3CCNCC3)c2o1.